The fourth-order valence-corrected chi connectivity index (χ4v) is 5.10. The zero-order valence-electron chi connectivity index (χ0n) is 22.3. The SMILES string of the molecule is COc1cccc(CN2CCC3(CC2)CCN(CC2CCOCC2)C3)c1.O=C(O)C(F)(F)F.O=C(O)C(F)(F)F. The van der Waals surface area contributed by atoms with Crippen LogP contribution in [0.2, 0.25) is 0 Å². The lowest BCUT2D eigenvalue weighted by atomic mass is 9.77. The first-order valence-electron chi connectivity index (χ1n) is 12.9. The Bertz CT molecular complexity index is 920. The number of piperidine rings is 1. The molecule has 1 aromatic rings. The van der Waals surface area contributed by atoms with E-state index in [0.717, 1.165) is 31.4 Å². The van der Waals surface area contributed by atoms with Gasteiger partial charge in [-0.05, 0) is 80.8 Å². The minimum absolute atomic E-state index is 0.593. The van der Waals surface area contributed by atoms with E-state index in [1.165, 1.54) is 70.4 Å². The number of carboxylic acids is 2. The summed E-state index contributed by atoms with van der Waals surface area (Å²) in [6.45, 7) is 9.43. The van der Waals surface area contributed by atoms with Crippen LogP contribution in [0, 0.1) is 11.3 Å². The highest BCUT2D eigenvalue weighted by Gasteiger charge is 2.41. The van der Waals surface area contributed by atoms with E-state index in [9.17, 15) is 26.3 Å². The summed E-state index contributed by atoms with van der Waals surface area (Å²) in [5.74, 6) is -3.68. The number of ether oxygens (including phenoxy) is 2. The zero-order valence-corrected chi connectivity index (χ0v) is 22.3. The lowest BCUT2D eigenvalue weighted by Gasteiger charge is -2.39. The summed E-state index contributed by atoms with van der Waals surface area (Å²) in [5, 5.41) is 14.2. The van der Waals surface area contributed by atoms with Crippen molar-refractivity contribution in [2.45, 2.75) is 51.0 Å². The average molecular weight is 587 g/mol. The number of hydrogen-bond donors (Lipinski definition) is 2. The summed E-state index contributed by atoms with van der Waals surface area (Å²) in [6.07, 6.45) is -3.51. The van der Waals surface area contributed by atoms with Crippen molar-refractivity contribution in [3.05, 3.63) is 29.8 Å². The van der Waals surface area contributed by atoms with E-state index in [4.69, 9.17) is 29.3 Å². The van der Waals surface area contributed by atoms with Gasteiger partial charge in [-0.1, -0.05) is 12.1 Å². The van der Waals surface area contributed by atoms with Gasteiger partial charge in [-0.3, -0.25) is 4.90 Å². The Labute approximate surface area is 228 Å². The van der Waals surface area contributed by atoms with E-state index in [1.807, 2.05) is 6.07 Å². The van der Waals surface area contributed by atoms with Crippen molar-refractivity contribution in [1.29, 1.82) is 0 Å². The molecule has 3 heterocycles. The van der Waals surface area contributed by atoms with Gasteiger partial charge in [0, 0.05) is 32.8 Å². The molecule has 0 aromatic heterocycles. The van der Waals surface area contributed by atoms with E-state index in [1.54, 1.807) is 7.11 Å². The van der Waals surface area contributed by atoms with Crippen LogP contribution in [-0.2, 0) is 20.9 Å². The Balaban J connectivity index is 0.000000333. The normalized spacial score (nSPS) is 20.2. The van der Waals surface area contributed by atoms with Crippen molar-refractivity contribution in [1.82, 2.24) is 9.80 Å². The predicted octanol–water partition coefficient (Wildman–Crippen LogP) is 4.68. The van der Waals surface area contributed by atoms with Gasteiger partial charge in [-0.25, -0.2) is 9.59 Å². The summed E-state index contributed by atoms with van der Waals surface area (Å²) in [6, 6.07) is 8.53. The quantitative estimate of drug-likeness (QED) is 0.481. The van der Waals surface area contributed by atoms with Crippen LogP contribution < -0.4 is 4.74 Å². The van der Waals surface area contributed by atoms with Gasteiger partial charge in [0.25, 0.3) is 0 Å². The van der Waals surface area contributed by atoms with E-state index in [-0.39, 0.29) is 0 Å². The highest BCUT2D eigenvalue weighted by atomic mass is 19.4. The monoisotopic (exact) mass is 586 g/mol. The molecule has 40 heavy (non-hydrogen) atoms. The van der Waals surface area contributed by atoms with Crippen molar-refractivity contribution in [3.63, 3.8) is 0 Å². The van der Waals surface area contributed by atoms with Gasteiger partial charge in [-0.15, -0.1) is 0 Å². The number of likely N-dealkylation sites (tertiary alicyclic amines) is 2. The molecule has 8 nitrogen and oxygen atoms in total. The number of methoxy groups -OCH3 is 1. The maximum Gasteiger partial charge on any atom is 0.490 e. The summed E-state index contributed by atoms with van der Waals surface area (Å²) in [5.41, 5.74) is 1.96. The van der Waals surface area contributed by atoms with Crippen LogP contribution in [0.15, 0.2) is 24.3 Å². The second-order valence-electron chi connectivity index (χ2n) is 10.3. The van der Waals surface area contributed by atoms with E-state index < -0.39 is 24.3 Å². The third kappa shape index (κ3) is 11.5. The molecule has 4 rings (SSSR count). The number of aliphatic carboxylic acids is 2. The molecule has 3 saturated heterocycles. The van der Waals surface area contributed by atoms with Crippen LogP contribution in [0.1, 0.15) is 37.7 Å². The van der Waals surface area contributed by atoms with Crippen molar-refractivity contribution < 1.29 is 55.6 Å². The highest BCUT2D eigenvalue weighted by Crippen LogP contribution is 2.41. The van der Waals surface area contributed by atoms with Gasteiger partial charge in [0.15, 0.2) is 0 Å². The molecule has 3 fully saturated rings. The molecule has 0 saturated carbocycles. The van der Waals surface area contributed by atoms with Gasteiger partial charge in [-0.2, -0.15) is 26.3 Å². The molecule has 0 atom stereocenters. The lowest BCUT2D eigenvalue weighted by Crippen LogP contribution is -2.41. The molecule has 0 unspecified atom stereocenters. The summed E-state index contributed by atoms with van der Waals surface area (Å²) < 4.78 is 74.4. The van der Waals surface area contributed by atoms with E-state index in [2.05, 4.69) is 28.0 Å². The highest BCUT2D eigenvalue weighted by molar-refractivity contribution is 5.73. The molecule has 0 aliphatic carbocycles. The number of alkyl halides is 6. The van der Waals surface area contributed by atoms with Crippen LogP contribution in [0.5, 0.6) is 5.75 Å². The van der Waals surface area contributed by atoms with Crippen LogP contribution in [0.3, 0.4) is 0 Å². The smallest absolute Gasteiger partial charge is 0.490 e. The van der Waals surface area contributed by atoms with Gasteiger partial charge in [0.1, 0.15) is 5.75 Å². The molecule has 0 bridgehead atoms. The Morgan fingerprint density at radius 2 is 1.45 bits per heavy atom. The average Bonchev–Trinajstić information content (AvgIpc) is 3.27. The number of rotatable bonds is 5. The molecule has 0 radical (unpaired) electrons. The molecule has 3 aliphatic heterocycles. The number of carbonyl (C=O) groups is 2. The molecular weight excluding hydrogens is 550 g/mol. The van der Waals surface area contributed by atoms with Crippen LogP contribution >= 0.6 is 0 Å². The second-order valence-corrected chi connectivity index (χ2v) is 10.3. The van der Waals surface area contributed by atoms with E-state index in [0.29, 0.717) is 5.41 Å². The molecule has 14 heteroatoms. The standard InChI is InChI=1S/C22H34N2O2.2C2HF3O2/c1-25-21-4-2-3-20(15-21)17-23-10-7-22(8-11-23)9-12-24(18-22)16-19-5-13-26-14-6-19;2*3-2(4,5)1(6)7/h2-4,15,19H,5-14,16-18H2,1H3;2*(H,6,7). The topological polar surface area (TPSA) is 99.5 Å². The van der Waals surface area contributed by atoms with Crippen molar-refractivity contribution >= 4 is 11.9 Å². The van der Waals surface area contributed by atoms with Crippen LogP contribution in [0.25, 0.3) is 0 Å². The third-order valence-corrected chi connectivity index (χ3v) is 7.32. The minimum atomic E-state index is -5.08. The first-order chi connectivity index (χ1) is 18.6. The minimum Gasteiger partial charge on any atom is -0.497 e. The lowest BCUT2D eigenvalue weighted by molar-refractivity contribution is -0.193. The zero-order chi connectivity index (χ0) is 30.0. The maximum atomic E-state index is 10.6. The number of halogens is 6. The first-order valence-corrected chi connectivity index (χ1v) is 12.9. The summed E-state index contributed by atoms with van der Waals surface area (Å²) in [7, 11) is 1.75. The Morgan fingerprint density at radius 3 is 1.93 bits per heavy atom. The van der Waals surface area contributed by atoms with Crippen molar-refractivity contribution in [3.8, 4) is 5.75 Å². The number of hydrogen-bond acceptors (Lipinski definition) is 6. The molecule has 0 amide bonds. The fourth-order valence-electron chi connectivity index (χ4n) is 5.10. The first kappa shape index (κ1) is 33.6. The summed E-state index contributed by atoms with van der Waals surface area (Å²) >= 11 is 0. The predicted molar refractivity (Wildman–Crippen MR) is 132 cm³/mol. The van der Waals surface area contributed by atoms with Gasteiger partial charge in [0.05, 0.1) is 7.11 Å². The fraction of sp³-hybridized carbons (Fsp3) is 0.692. The molecule has 1 spiro atoms. The molecular formula is C26H36F6N2O6. The Kier molecular flexibility index (Phi) is 12.5. The van der Waals surface area contributed by atoms with Gasteiger partial charge in [0.2, 0.25) is 0 Å². The number of benzene rings is 1. The Morgan fingerprint density at radius 1 is 0.950 bits per heavy atom. The molecule has 228 valence electrons. The second kappa shape index (κ2) is 14.9. The largest absolute Gasteiger partial charge is 0.497 e. The number of carboxylic acid groups (broad SMARTS) is 2. The van der Waals surface area contributed by atoms with Crippen molar-refractivity contribution in [2.24, 2.45) is 11.3 Å². The van der Waals surface area contributed by atoms with Crippen LogP contribution in [0.4, 0.5) is 26.3 Å². The molecule has 1 aromatic carbocycles. The maximum absolute atomic E-state index is 10.6. The number of nitrogens with zero attached hydrogens (tertiary/aromatic N) is 2. The van der Waals surface area contributed by atoms with Crippen molar-refractivity contribution in [2.75, 3.05) is 53.0 Å². The van der Waals surface area contributed by atoms with Gasteiger partial charge >= 0.3 is 24.3 Å². The third-order valence-electron chi connectivity index (χ3n) is 7.32. The Hall–Kier alpha value is -2.58. The molecule has 3 aliphatic rings. The van der Waals surface area contributed by atoms with Crippen LogP contribution in [-0.4, -0.2) is 97.4 Å². The molecule has 2 N–H and O–H groups in total. The summed E-state index contributed by atoms with van der Waals surface area (Å²) in [4.78, 5) is 23.2. The van der Waals surface area contributed by atoms with Gasteiger partial charge < -0.3 is 24.6 Å². The van der Waals surface area contributed by atoms with E-state index >= 15 is 0 Å².